The highest BCUT2D eigenvalue weighted by Gasteiger charge is 2.31. The number of rotatable bonds is 0. The van der Waals surface area contributed by atoms with Gasteiger partial charge in [0.1, 0.15) is 0 Å². The lowest BCUT2D eigenvalue weighted by Gasteiger charge is -2.12. The van der Waals surface area contributed by atoms with Gasteiger partial charge in [-0.1, -0.05) is 6.92 Å². The summed E-state index contributed by atoms with van der Waals surface area (Å²) in [6.45, 7) is 8.17. The molecule has 0 amide bonds. The Labute approximate surface area is 56.8 Å². The monoisotopic (exact) mass is 127 g/mol. The third kappa shape index (κ3) is 1.10. The Kier molecular flexibility index (Phi) is 1.78. The molecule has 2 heteroatoms. The maximum Gasteiger partial charge on any atom is 0.0232 e. The molecule has 1 aliphatic heterocycles. The molecule has 0 aromatic rings. The van der Waals surface area contributed by atoms with E-state index in [1.54, 1.807) is 0 Å². The molecule has 0 aromatic heterocycles. The van der Waals surface area contributed by atoms with Gasteiger partial charge in [0.2, 0.25) is 0 Å². The summed E-state index contributed by atoms with van der Waals surface area (Å²) in [5, 5.41) is 3.28. The second-order valence-electron chi connectivity index (χ2n) is 3.00. The minimum absolute atomic E-state index is 0.285. The minimum atomic E-state index is 0.285. The summed E-state index contributed by atoms with van der Waals surface area (Å²) >= 11 is 0. The number of nitrogens with one attached hydrogen (secondary N) is 1. The van der Waals surface area contributed by atoms with Crippen LogP contribution in [0.25, 0.3) is 0 Å². The van der Waals surface area contributed by atoms with Crippen LogP contribution in [0.15, 0.2) is 0 Å². The lowest BCUT2D eigenvalue weighted by atomic mass is 9.98. The highest BCUT2D eigenvalue weighted by molar-refractivity contribution is 4.97. The molecule has 1 radical (unpaired) electrons. The average Bonchev–Trinajstić information content (AvgIpc) is 1.98. The van der Waals surface area contributed by atoms with Crippen molar-refractivity contribution in [2.75, 3.05) is 0 Å². The van der Waals surface area contributed by atoms with Gasteiger partial charge in [-0.2, -0.15) is 0 Å². The fourth-order valence-corrected chi connectivity index (χ4v) is 1.32. The summed E-state index contributed by atoms with van der Waals surface area (Å²) in [4.78, 5) is 0. The van der Waals surface area contributed by atoms with Crippen molar-refractivity contribution in [2.24, 2.45) is 11.7 Å². The van der Waals surface area contributed by atoms with Crippen LogP contribution < -0.4 is 11.1 Å². The molecule has 0 aliphatic carbocycles. The number of hydrogen-bond acceptors (Lipinski definition) is 2. The van der Waals surface area contributed by atoms with Gasteiger partial charge in [0.05, 0.1) is 0 Å². The van der Waals surface area contributed by atoms with E-state index >= 15 is 0 Å². The summed E-state index contributed by atoms with van der Waals surface area (Å²) in [7, 11) is 0. The fraction of sp³-hybridized carbons (Fsp3) is 0.857. The van der Waals surface area contributed by atoms with Crippen molar-refractivity contribution < 1.29 is 0 Å². The van der Waals surface area contributed by atoms with E-state index in [1.807, 2.05) is 0 Å². The van der Waals surface area contributed by atoms with Crippen molar-refractivity contribution in [2.45, 2.75) is 32.0 Å². The Hall–Kier alpha value is -0.0800. The van der Waals surface area contributed by atoms with Gasteiger partial charge in [0, 0.05) is 18.1 Å². The second kappa shape index (κ2) is 2.27. The molecule has 9 heavy (non-hydrogen) atoms. The van der Waals surface area contributed by atoms with E-state index in [1.165, 1.54) is 0 Å². The van der Waals surface area contributed by atoms with Gasteiger partial charge in [0.15, 0.2) is 0 Å². The van der Waals surface area contributed by atoms with Crippen molar-refractivity contribution >= 4 is 0 Å². The molecule has 0 aromatic carbocycles. The van der Waals surface area contributed by atoms with Crippen LogP contribution in [-0.2, 0) is 0 Å². The third-order valence-corrected chi connectivity index (χ3v) is 2.30. The quantitative estimate of drug-likeness (QED) is 0.486. The second-order valence-corrected chi connectivity index (χ2v) is 3.00. The maximum atomic E-state index is 5.81. The fourth-order valence-electron chi connectivity index (χ4n) is 1.32. The van der Waals surface area contributed by atoms with Crippen LogP contribution in [0.3, 0.4) is 0 Å². The summed E-state index contributed by atoms with van der Waals surface area (Å²) in [6.07, 6.45) is 0. The van der Waals surface area contributed by atoms with E-state index in [0.29, 0.717) is 18.0 Å². The van der Waals surface area contributed by atoms with E-state index in [2.05, 4.69) is 26.1 Å². The standard InChI is InChI=1S/C7H15N2/c1-4-5(2)9-6(3)7(4)8/h4-7,9H,2,8H2,1,3H3. The average molecular weight is 127 g/mol. The van der Waals surface area contributed by atoms with Crippen LogP contribution >= 0.6 is 0 Å². The van der Waals surface area contributed by atoms with Crippen LogP contribution in [0.4, 0.5) is 0 Å². The minimum Gasteiger partial charge on any atom is -0.326 e. The molecule has 1 heterocycles. The Balaban J connectivity index is 2.54. The molecule has 3 N–H and O–H groups in total. The summed E-state index contributed by atoms with van der Waals surface area (Å²) < 4.78 is 0. The van der Waals surface area contributed by atoms with E-state index in [-0.39, 0.29) is 6.04 Å². The molecule has 4 unspecified atom stereocenters. The SMILES string of the molecule is [CH2]C1NC(C)C(N)C1C. The first-order chi connectivity index (χ1) is 4.13. The van der Waals surface area contributed by atoms with Gasteiger partial charge in [-0.05, 0) is 19.8 Å². The first-order valence-electron chi connectivity index (χ1n) is 3.47. The molecule has 4 atom stereocenters. The molecule has 2 nitrogen and oxygen atoms in total. The van der Waals surface area contributed by atoms with Gasteiger partial charge in [-0.15, -0.1) is 0 Å². The van der Waals surface area contributed by atoms with Crippen LogP contribution in [-0.4, -0.2) is 18.1 Å². The summed E-state index contributed by atoms with van der Waals surface area (Å²) in [5.74, 6) is 0.514. The van der Waals surface area contributed by atoms with E-state index in [9.17, 15) is 0 Å². The largest absolute Gasteiger partial charge is 0.326 e. The van der Waals surface area contributed by atoms with Crippen molar-refractivity contribution in [3.05, 3.63) is 6.92 Å². The van der Waals surface area contributed by atoms with Gasteiger partial charge >= 0.3 is 0 Å². The summed E-state index contributed by atoms with van der Waals surface area (Å²) in [5.41, 5.74) is 5.81. The predicted octanol–water partition coefficient (Wildman–Crippen LogP) is 0.144. The van der Waals surface area contributed by atoms with Crippen LogP contribution in [0.2, 0.25) is 0 Å². The van der Waals surface area contributed by atoms with Gasteiger partial charge in [-0.25, -0.2) is 0 Å². The Morgan fingerprint density at radius 3 is 2.11 bits per heavy atom. The maximum absolute atomic E-state index is 5.81. The van der Waals surface area contributed by atoms with Crippen molar-refractivity contribution in [1.82, 2.24) is 5.32 Å². The predicted molar refractivity (Wildman–Crippen MR) is 38.9 cm³/mol. The third-order valence-electron chi connectivity index (χ3n) is 2.30. The lowest BCUT2D eigenvalue weighted by Crippen LogP contribution is -2.35. The Morgan fingerprint density at radius 2 is 2.00 bits per heavy atom. The highest BCUT2D eigenvalue weighted by Crippen LogP contribution is 2.17. The zero-order valence-electron chi connectivity index (χ0n) is 6.09. The van der Waals surface area contributed by atoms with Gasteiger partial charge in [0.25, 0.3) is 0 Å². The Bertz CT molecular complexity index is 91.1. The molecule has 0 saturated carbocycles. The van der Waals surface area contributed by atoms with E-state index in [4.69, 9.17) is 5.73 Å². The van der Waals surface area contributed by atoms with E-state index < -0.39 is 0 Å². The number of hydrogen-bond donors (Lipinski definition) is 2. The smallest absolute Gasteiger partial charge is 0.0232 e. The highest BCUT2D eigenvalue weighted by atomic mass is 15.0. The lowest BCUT2D eigenvalue weighted by molar-refractivity contribution is 0.493. The number of nitrogens with two attached hydrogens (primary N) is 1. The van der Waals surface area contributed by atoms with Crippen molar-refractivity contribution in [3.8, 4) is 0 Å². The molecule has 1 rings (SSSR count). The van der Waals surface area contributed by atoms with Crippen molar-refractivity contribution in [1.29, 1.82) is 0 Å². The molecule has 53 valence electrons. The molecular weight excluding hydrogens is 112 g/mol. The Morgan fingerprint density at radius 1 is 1.44 bits per heavy atom. The molecule has 0 spiro atoms. The molecule has 0 bridgehead atoms. The van der Waals surface area contributed by atoms with Crippen molar-refractivity contribution in [3.63, 3.8) is 0 Å². The zero-order valence-corrected chi connectivity index (χ0v) is 6.09. The van der Waals surface area contributed by atoms with Crippen LogP contribution in [0.1, 0.15) is 13.8 Å². The zero-order chi connectivity index (χ0) is 7.02. The summed E-state index contributed by atoms with van der Waals surface area (Å²) in [6, 6.07) is 1.06. The first-order valence-corrected chi connectivity index (χ1v) is 3.47. The topological polar surface area (TPSA) is 38.0 Å². The van der Waals surface area contributed by atoms with Crippen LogP contribution in [0, 0.1) is 12.8 Å². The van der Waals surface area contributed by atoms with Gasteiger partial charge in [-0.3, -0.25) is 0 Å². The van der Waals surface area contributed by atoms with Crippen LogP contribution in [0.5, 0.6) is 0 Å². The molecular formula is C7H15N2. The van der Waals surface area contributed by atoms with E-state index in [0.717, 1.165) is 0 Å². The molecule has 1 aliphatic rings. The normalized spacial score (nSPS) is 52.0. The first kappa shape index (κ1) is 7.03. The van der Waals surface area contributed by atoms with Gasteiger partial charge < -0.3 is 11.1 Å². The molecule has 1 fully saturated rings. The molecule has 1 saturated heterocycles.